The van der Waals surface area contributed by atoms with Crippen LogP contribution in [0.3, 0.4) is 0 Å². The molecule has 0 saturated heterocycles. The van der Waals surface area contributed by atoms with Crippen molar-refractivity contribution in [2.75, 3.05) is 6.61 Å². The number of thiazole rings is 1. The maximum absolute atomic E-state index is 14.1. The Labute approximate surface area is 257 Å². The molecule has 43 heavy (non-hydrogen) atoms. The fraction of sp³-hybridized carbons (Fsp3) is 0.118. The fourth-order valence-electron chi connectivity index (χ4n) is 4.96. The first-order chi connectivity index (χ1) is 20.9. The Morgan fingerprint density at radius 1 is 1.02 bits per heavy atom. The highest BCUT2D eigenvalue weighted by Crippen LogP contribution is 2.28. The summed E-state index contributed by atoms with van der Waals surface area (Å²) < 4.78 is 9.21. The molecule has 0 spiro atoms. The summed E-state index contributed by atoms with van der Waals surface area (Å²) in [7, 11) is 0. The molecule has 0 aliphatic carbocycles. The zero-order valence-corrected chi connectivity index (χ0v) is 25.0. The minimum Gasteiger partial charge on any atom is -0.463 e. The Bertz CT molecular complexity index is 2040. The van der Waals surface area contributed by atoms with Gasteiger partial charge in [-0.3, -0.25) is 9.36 Å². The molecule has 3 heterocycles. The number of carbonyl (C=O) groups is 1. The van der Waals surface area contributed by atoms with Crippen LogP contribution in [0.1, 0.15) is 31.0 Å². The molecule has 6 rings (SSSR count). The van der Waals surface area contributed by atoms with Crippen molar-refractivity contribution >= 4 is 41.1 Å². The topological polar surface area (TPSA) is 78.5 Å². The van der Waals surface area contributed by atoms with Gasteiger partial charge in [-0.25, -0.2) is 14.5 Å². The number of carbonyl (C=O) groups excluding carboxylic acids is 1. The Balaban J connectivity index is 1.52. The van der Waals surface area contributed by atoms with E-state index in [0.717, 1.165) is 22.4 Å². The van der Waals surface area contributed by atoms with E-state index in [9.17, 15) is 9.59 Å². The van der Waals surface area contributed by atoms with Gasteiger partial charge in [0.1, 0.15) is 5.69 Å². The number of para-hydroxylation sites is 1. The highest BCUT2D eigenvalue weighted by Gasteiger charge is 2.30. The van der Waals surface area contributed by atoms with Crippen LogP contribution in [0.25, 0.3) is 29.1 Å². The summed E-state index contributed by atoms with van der Waals surface area (Å²) in [5.41, 5.74) is 4.77. The maximum atomic E-state index is 14.1. The smallest absolute Gasteiger partial charge is 0.338 e. The van der Waals surface area contributed by atoms with E-state index in [1.807, 2.05) is 109 Å². The summed E-state index contributed by atoms with van der Waals surface area (Å²) in [5, 5.41) is 5.49. The van der Waals surface area contributed by atoms with Crippen LogP contribution in [0.15, 0.2) is 118 Å². The van der Waals surface area contributed by atoms with Gasteiger partial charge < -0.3 is 4.74 Å². The third kappa shape index (κ3) is 5.80. The number of esters is 1. The van der Waals surface area contributed by atoms with Gasteiger partial charge >= 0.3 is 5.97 Å². The first kappa shape index (κ1) is 28.3. The van der Waals surface area contributed by atoms with Gasteiger partial charge in [0.2, 0.25) is 0 Å². The minimum atomic E-state index is -0.680. The van der Waals surface area contributed by atoms with Gasteiger partial charge in [0.25, 0.3) is 5.56 Å². The van der Waals surface area contributed by atoms with Crippen molar-refractivity contribution in [2.24, 2.45) is 4.99 Å². The molecule has 3 aromatic carbocycles. The Kier molecular flexibility index (Phi) is 8.05. The molecule has 1 aliphatic heterocycles. The second-order valence-electron chi connectivity index (χ2n) is 9.83. The molecule has 214 valence electrons. The van der Waals surface area contributed by atoms with Gasteiger partial charge in [0.15, 0.2) is 4.80 Å². The normalized spacial score (nSPS) is 15.0. The highest BCUT2D eigenvalue weighted by molar-refractivity contribution is 7.07. The van der Waals surface area contributed by atoms with Crippen molar-refractivity contribution in [2.45, 2.75) is 19.9 Å². The number of hydrogen-bond donors (Lipinski definition) is 0. The van der Waals surface area contributed by atoms with E-state index in [4.69, 9.17) is 21.4 Å². The van der Waals surface area contributed by atoms with Crippen molar-refractivity contribution in [1.29, 1.82) is 0 Å². The van der Waals surface area contributed by atoms with Crippen molar-refractivity contribution in [3.63, 3.8) is 0 Å². The summed E-state index contributed by atoms with van der Waals surface area (Å²) in [6, 6.07) is 26.3. The first-order valence-corrected chi connectivity index (χ1v) is 15.0. The molecule has 0 radical (unpaired) electrons. The van der Waals surface area contributed by atoms with E-state index in [1.165, 1.54) is 11.3 Å². The molecular formula is C34H27ClN4O3S. The lowest BCUT2D eigenvalue weighted by Crippen LogP contribution is -2.38. The maximum Gasteiger partial charge on any atom is 0.338 e. The number of allylic oxidation sites excluding steroid dienone is 2. The van der Waals surface area contributed by atoms with Crippen molar-refractivity contribution < 1.29 is 9.53 Å². The third-order valence-electron chi connectivity index (χ3n) is 7.00. The number of rotatable bonds is 7. The number of fused-ring (bicyclic) bond motifs is 1. The lowest BCUT2D eigenvalue weighted by molar-refractivity contribution is -0.139. The predicted octanol–water partition coefficient (Wildman–Crippen LogP) is 5.97. The molecule has 0 N–H and O–H groups in total. The largest absolute Gasteiger partial charge is 0.463 e. The molecule has 5 aromatic rings. The van der Waals surface area contributed by atoms with Gasteiger partial charge in [-0.1, -0.05) is 95.8 Å². The van der Waals surface area contributed by atoms with Gasteiger partial charge in [0, 0.05) is 22.3 Å². The average Bonchev–Trinajstić information content (AvgIpc) is 3.57. The number of halogens is 1. The monoisotopic (exact) mass is 606 g/mol. The average molecular weight is 607 g/mol. The SMILES string of the molecule is CCOC(=O)C1=C(C)N=c2s/c(=C\c3cn(-c4ccccc4)nc3-c3ccc(Cl)cc3)c(=O)n2[C@@H]1/C=C\c1ccccc1. The minimum absolute atomic E-state index is 0.216. The van der Waals surface area contributed by atoms with E-state index in [1.54, 1.807) is 23.1 Å². The van der Waals surface area contributed by atoms with Crippen LogP contribution < -0.4 is 14.9 Å². The van der Waals surface area contributed by atoms with Gasteiger partial charge in [-0.15, -0.1) is 0 Å². The number of hydrogen-bond acceptors (Lipinski definition) is 6. The number of benzene rings is 3. The van der Waals surface area contributed by atoms with Crippen LogP contribution in [-0.4, -0.2) is 26.9 Å². The Morgan fingerprint density at radius 3 is 2.42 bits per heavy atom. The Morgan fingerprint density at radius 2 is 1.72 bits per heavy atom. The van der Waals surface area contributed by atoms with Crippen LogP contribution in [0.2, 0.25) is 5.02 Å². The van der Waals surface area contributed by atoms with Crippen molar-refractivity contribution in [3.8, 4) is 16.9 Å². The van der Waals surface area contributed by atoms with Gasteiger partial charge in [-0.2, -0.15) is 5.10 Å². The molecule has 0 fully saturated rings. The third-order valence-corrected chi connectivity index (χ3v) is 8.23. The molecule has 0 bridgehead atoms. The van der Waals surface area contributed by atoms with Crippen LogP contribution in [0.4, 0.5) is 0 Å². The number of nitrogens with zero attached hydrogens (tertiary/aromatic N) is 4. The molecule has 1 aliphatic rings. The van der Waals surface area contributed by atoms with E-state index in [2.05, 4.69) is 4.99 Å². The molecule has 2 aromatic heterocycles. The highest BCUT2D eigenvalue weighted by atomic mass is 35.5. The van der Waals surface area contributed by atoms with Crippen LogP contribution in [-0.2, 0) is 9.53 Å². The molecule has 9 heteroatoms. The Hall–Kier alpha value is -4.79. The lowest BCUT2D eigenvalue weighted by atomic mass is 10.0. The van der Waals surface area contributed by atoms with E-state index < -0.39 is 12.0 Å². The summed E-state index contributed by atoms with van der Waals surface area (Å²) in [5.74, 6) is -0.491. The number of ether oxygens (including phenoxy) is 1. The molecule has 7 nitrogen and oxygen atoms in total. The van der Waals surface area contributed by atoms with Crippen LogP contribution in [0.5, 0.6) is 0 Å². The zero-order chi connectivity index (χ0) is 29.9. The summed E-state index contributed by atoms with van der Waals surface area (Å²) in [6.07, 6.45) is 7.50. The standard InChI is InChI=1S/C34H27ClN4O3S/c1-3-42-33(41)30-22(2)36-34-39(28(30)19-14-23-10-6-4-7-11-23)32(40)29(43-34)20-25-21-38(27-12-8-5-9-13-27)37-31(25)24-15-17-26(35)18-16-24/h4-21,28H,3H2,1-2H3/b19-14-,29-20-/t28-/m1/s1. The van der Waals surface area contributed by atoms with E-state index in [0.29, 0.717) is 31.3 Å². The predicted molar refractivity (Wildman–Crippen MR) is 171 cm³/mol. The lowest BCUT2D eigenvalue weighted by Gasteiger charge is -2.21. The number of aromatic nitrogens is 3. The summed E-state index contributed by atoms with van der Waals surface area (Å²) in [6.45, 7) is 3.75. The molecule has 0 unspecified atom stereocenters. The molecule has 0 amide bonds. The van der Waals surface area contributed by atoms with E-state index in [-0.39, 0.29) is 12.2 Å². The molecular weight excluding hydrogens is 580 g/mol. The fourth-order valence-corrected chi connectivity index (χ4v) is 6.13. The second kappa shape index (κ2) is 12.2. The first-order valence-electron chi connectivity index (χ1n) is 13.8. The zero-order valence-electron chi connectivity index (χ0n) is 23.5. The van der Waals surface area contributed by atoms with Crippen LogP contribution in [0, 0.1) is 0 Å². The molecule has 0 saturated carbocycles. The quantitative estimate of drug-likeness (QED) is 0.214. The summed E-state index contributed by atoms with van der Waals surface area (Å²) in [4.78, 5) is 32.3. The van der Waals surface area contributed by atoms with Gasteiger partial charge in [0.05, 0.1) is 34.1 Å². The van der Waals surface area contributed by atoms with E-state index >= 15 is 0 Å². The van der Waals surface area contributed by atoms with Gasteiger partial charge in [-0.05, 0) is 49.8 Å². The van der Waals surface area contributed by atoms with Crippen LogP contribution >= 0.6 is 22.9 Å². The molecule has 1 atom stereocenters. The summed E-state index contributed by atoms with van der Waals surface area (Å²) >= 11 is 7.44. The second-order valence-corrected chi connectivity index (χ2v) is 11.3. The van der Waals surface area contributed by atoms with Crippen molar-refractivity contribution in [3.05, 3.63) is 144 Å². The van der Waals surface area contributed by atoms with Crippen molar-refractivity contribution in [1.82, 2.24) is 14.3 Å².